The summed E-state index contributed by atoms with van der Waals surface area (Å²) in [6.07, 6.45) is 5.34. The number of rotatable bonds is 4. The van der Waals surface area contributed by atoms with Gasteiger partial charge < -0.3 is 9.55 Å². The lowest BCUT2D eigenvalue weighted by Gasteiger charge is -2.10. The van der Waals surface area contributed by atoms with Gasteiger partial charge in [-0.25, -0.2) is 14.4 Å². The van der Waals surface area contributed by atoms with E-state index >= 15 is 0 Å². The van der Waals surface area contributed by atoms with Crippen molar-refractivity contribution in [1.29, 1.82) is 0 Å². The molecule has 0 atom stereocenters. The summed E-state index contributed by atoms with van der Waals surface area (Å²) in [5, 5.41) is 13.2. The van der Waals surface area contributed by atoms with Gasteiger partial charge in [0.2, 0.25) is 0 Å². The van der Waals surface area contributed by atoms with Crippen LogP contribution >= 0.6 is 0 Å². The molecule has 0 radical (unpaired) electrons. The first kappa shape index (κ1) is 16.3. The zero-order chi connectivity index (χ0) is 19.1. The molecule has 0 amide bonds. The maximum absolute atomic E-state index is 13.4. The Labute approximate surface area is 158 Å². The van der Waals surface area contributed by atoms with E-state index in [2.05, 4.69) is 30.4 Å². The number of hydrogen-bond acceptors (Lipinski definition) is 5. The minimum absolute atomic E-state index is 0.287. The van der Waals surface area contributed by atoms with Gasteiger partial charge in [0.1, 0.15) is 11.5 Å². The van der Waals surface area contributed by atoms with Gasteiger partial charge >= 0.3 is 0 Å². The molecule has 138 valence electrons. The number of fused-ring (bicyclic) bond motifs is 1. The van der Waals surface area contributed by atoms with Crippen molar-refractivity contribution < 1.29 is 4.39 Å². The van der Waals surface area contributed by atoms with Gasteiger partial charge in [0, 0.05) is 28.9 Å². The van der Waals surface area contributed by atoms with Crippen molar-refractivity contribution in [2.24, 2.45) is 7.05 Å². The van der Waals surface area contributed by atoms with Gasteiger partial charge in [-0.2, -0.15) is 4.80 Å². The maximum atomic E-state index is 13.4. The minimum Gasteiger partial charge on any atom is -0.346 e. The Bertz CT molecular complexity index is 1260. The zero-order valence-electron chi connectivity index (χ0n) is 14.9. The molecule has 9 heteroatoms. The number of halogens is 1. The number of nitrogens with zero attached hydrogens (tertiary/aromatic N) is 7. The third-order valence-electron chi connectivity index (χ3n) is 4.53. The molecule has 8 nitrogen and oxygen atoms in total. The first-order chi connectivity index (χ1) is 13.7. The molecule has 0 bridgehead atoms. The van der Waals surface area contributed by atoms with Gasteiger partial charge in [-0.1, -0.05) is 0 Å². The predicted octanol–water partition coefficient (Wildman–Crippen LogP) is 2.80. The fourth-order valence-electron chi connectivity index (χ4n) is 3.31. The quantitative estimate of drug-likeness (QED) is 0.522. The van der Waals surface area contributed by atoms with Gasteiger partial charge in [-0.05, 0) is 41.6 Å². The molecule has 0 aliphatic rings. The minimum atomic E-state index is -0.287. The van der Waals surface area contributed by atoms with Gasteiger partial charge in [-0.15, -0.1) is 10.2 Å². The fourth-order valence-corrected chi connectivity index (χ4v) is 3.31. The number of H-pyrrole nitrogens is 1. The lowest BCUT2D eigenvalue weighted by Crippen LogP contribution is -2.04. The van der Waals surface area contributed by atoms with Crippen LogP contribution < -0.4 is 0 Å². The lowest BCUT2D eigenvalue weighted by molar-refractivity contribution is 0.625. The molecule has 5 aromatic rings. The van der Waals surface area contributed by atoms with Crippen LogP contribution in [0.25, 0.3) is 33.5 Å². The smallest absolute Gasteiger partial charge is 0.194 e. The zero-order valence-corrected chi connectivity index (χ0v) is 14.9. The molecule has 1 aromatic carbocycles. The molecule has 4 aromatic heterocycles. The Morgan fingerprint density at radius 3 is 2.71 bits per heavy atom. The molecule has 0 fully saturated rings. The van der Waals surface area contributed by atoms with Crippen molar-refractivity contribution >= 4 is 11.0 Å². The maximum Gasteiger partial charge on any atom is 0.194 e. The van der Waals surface area contributed by atoms with Crippen molar-refractivity contribution in [3.63, 3.8) is 0 Å². The van der Waals surface area contributed by atoms with Crippen LogP contribution in [0.4, 0.5) is 4.39 Å². The molecule has 1 N–H and O–H groups in total. The number of imidazole rings is 1. The van der Waals surface area contributed by atoms with E-state index in [0.717, 1.165) is 33.5 Å². The molecule has 0 saturated heterocycles. The van der Waals surface area contributed by atoms with Crippen LogP contribution in [-0.2, 0) is 13.6 Å². The standard InChI is InChI=1S/C19H15FN8/c1-27-25-16(24-26-27)10-28-11-23-17(12-2-4-13(20)5-3-12)18(28)14-6-8-21-19-15(14)7-9-22-19/h2-9,11H,10H2,1H3,(H,21,22). The average molecular weight is 374 g/mol. The Hall–Kier alpha value is -3.88. The van der Waals surface area contributed by atoms with Gasteiger partial charge in [0.15, 0.2) is 5.82 Å². The Balaban J connectivity index is 1.72. The second kappa shape index (κ2) is 6.38. The first-order valence-electron chi connectivity index (χ1n) is 8.65. The molecular weight excluding hydrogens is 359 g/mol. The van der Waals surface area contributed by atoms with E-state index < -0.39 is 0 Å². The molecule has 0 unspecified atom stereocenters. The van der Waals surface area contributed by atoms with E-state index in [1.54, 1.807) is 31.7 Å². The second-order valence-electron chi connectivity index (χ2n) is 6.37. The third kappa shape index (κ3) is 2.73. The lowest BCUT2D eigenvalue weighted by atomic mass is 10.0. The summed E-state index contributed by atoms with van der Waals surface area (Å²) in [7, 11) is 1.72. The van der Waals surface area contributed by atoms with Gasteiger partial charge in [-0.3, -0.25) is 0 Å². The van der Waals surface area contributed by atoms with Crippen LogP contribution in [0, 0.1) is 5.82 Å². The number of tetrazole rings is 1. The number of hydrogen-bond donors (Lipinski definition) is 1. The highest BCUT2D eigenvalue weighted by molar-refractivity contribution is 5.95. The fraction of sp³-hybridized carbons (Fsp3) is 0.105. The van der Waals surface area contributed by atoms with Crippen molar-refractivity contribution in [2.45, 2.75) is 6.54 Å². The number of pyridine rings is 1. The molecule has 4 heterocycles. The normalized spacial score (nSPS) is 11.4. The van der Waals surface area contributed by atoms with E-state index in [0.29, 0.717) is 12.4 Å². The highest BCUT2D eigenvalue weighted by Crippen LogP contribution is 2.35. The average Bonchev–Trinajstić information content (AvgIpc) is 3.42. The Morgan fingerprint density at radius 2 is 1.93 bits per heavy atom. The summed E-state index contributed by atoms with van der Waals surface area (Å²) in [4.78, 5) is 13.5. The summed E-state index contributed by atoms with van der Waals surface area (Å²) in [5.74, 6) is 0.289. The monoisotopic (exact) mass is 374 g/mol. The molecule has 0 saturated carbocycles. The first-order valence-corrected chi connectivity index (χ1v) is 8.65. The van der Waals surface area contributed by atoms with E-state index in [1.165, 1.54) is 16.9 Å². The molecule has 5 rings (SSSR count). The van der Waals surface area contributed by atoms with Crippen molar-refractivity contribution in [2.75, 3.05) is 0 Å². The predicted molar refractivity (Wildman–Crippen MR) is 101 cm³/mol. The van der Waals surface area contributed by atoms with E-state index in [-0.39, 0.29) is 5.82 Å². The second-order valence-corrected chi connectivity index (χ2v) is 6.37. The highest BCUT2D eigenvalue weighted by atomic mass is 19.1. The van der Waals surface area contributed by atoms with Crippen LogP contribution in [0.2, 0.25) is 0 Å². The number of benzene rings is 1. The van der Waals surface area contributed by atoms with Crippen molar-refractivity contribution in [3.8, 4) is 22.5 Å². The summed E-state index contributed by atoms with van der Waals surface area (Å²) in [6, 6.07) is 10.2. The Morgan fingerprint density at radius 1 is 1.07 bits per heavy atom. The highest BCUT2D eigenvalue weighted by Gasteiger charge is 2.19. The summed E-state index contributed by atoms with van der Waals surface area (Å²) >= 11 is 0. The largest absolute Gasteiger partial charge is 0.346 e. The molecule has 28 heavy (non-hydrogen) atoms. The van der Waals surface area contributed by atoms with E-state index in [9.17, 15) is 4.39 Å². The summed E-state index contributed by atoms with van der Waals surface area (Å²) < 4.78 is 15.4. The van der Waals surface area contributed by atoms with Gasteiger partial charge in [0.05, 0.1) is 31.3 Å². The topological polar surface area (TPSA) is 90.1 Å². The number of aromatic nitrogens is 8. The summed E-state index contributed by atoms with van der Waals surface area (Å²) in [6.45, 7) is 0.408. The van der Waals surface area contributed by atoms with Gasteiger partial charge in [0.25, 0.3) is 0 Å². The SMILES string of the molecule is Cn1nnc(Cn2cnc(-c3ccc(F)cc3)c2-c2ccnc3[nH]ccc23)n1. The molecule has 0 aliphatic carbocycles. The van der Waals surface area contributed by atoms with Crippen LogP contribution in [-0.4, -0.2) is 39.7 Å². The molecule has 0 spiro atoms. The number of aryl methyl sites for hydroxylation is 1. The molecule has 0 aliphatic heterocycles. The van der Waals surface area contributed by atoms with Crippen molar-refractivity contribution in [3.05, 3.63) is 66.8 Å². The Kier molecular flexibility index (Phi) is 3.71. The molecular formula is C19H15FN8. The van der Waals surface area contributed by atoms with E-state index in [1.807, 2.05) is 22.9 Å². The van der Waals surface area contributed by atoms with Crippen LogP contribution in [0.5, 0.6) is 0 Å². The van der Waals surface area contributed by atoms with Crippen molar-refractivity contribution in [1.82, 2.24) is 39.7 Å². The van der Waals surface area contributed by atoms with Crippen LogP contribution in [0.1, 0.15) is 5.82 Å². The summed E-state index contributed by atoms with van der Waals surface area (Å²) in [5.41, 5.74) is 4.20. The number of nitrogens with one attached hydrogen (secondary N) is 1. The third-order valence-corrected chi connectivity index (χ3v) is 4.53. The van der Waals surface area contributed by atoms with Crippen LogP contribution in [0.3, 0.4) is 0 Å². The number of aromatic amines is 1. The van der Waals surface area contributed by atoms with Crippen LogP contribution in [0.15, 0.2) is 55.1 Å². The van der Waals surface area contributed by atoms with E-state index in [4.69, 9.17) is 0 Å².